The lowest BCUT2D eigenvalue weighted by Gasteiger charge is -2.30. The summed E-state index contributed by atoms with van der Waals surface area (Å²) in [6.07, 6.45) is 0. The second-order valence-corrected chi connectivity index (χ2v) is 8.77. The normalized spacial score (nSPS) is 17.4. The summed E-state index contributed by atoms with van der Waals surface area (Å²) in [7, 11) is 1.17. The third-order valence-electron chi connectivity index (χ3n) is 5.11. The molecule has 2 aromatic carbocycles. The van der Waals surface area contributed by atoms with E-state index >= 15 is 0 Å². The van der Waals surface area contributed by atoms with Crippen molar-refractivity contribution in [3.63, 3.8) is 0 Å². The number of carbonyl (C=O) groups is 4. The molecule has 8 nitrogen and oxygen atoms in total. The number of nitrogens with zero attached hydrogens (tertiary/aromatic N) is 1. The molecule has 3 rings (SSSR count). The molecule has 0 saturated carbocycles. The third-order valence-corrected chi connectivity index (χ3v) is 6.38. The zero-order chi connectivity index (χ0) is 24.8. The van der Waals surface area contributed by atoms with Gasteiger partial charge in [0, 0.05) is 22.2 Å². The Hall–Kier alpha value is -3.61. The molecule has 2 amide bonds. The average molecular weight is 498 g/mol. The molecule has 0 fully saturated rings. The predicted octanol–water partition coefficient (Wildman–Crippen LogP) is 3.65. The second-order valence-electron chi connectivity index (χ2n) is 7.35. The average Bonchev–Trinajstić information content (AvgIpc) is 2.82. The van der Waals surface area contributed by atoms with E-state index in [1.165, 1.54) is 14.0 Å². The number of halogens is 1. The summed E-state index contributed by atoms with van der Waals surface area (Å²) in [5.74, 6) is -4.24. The van der Waals surface area contributed by atoms with Crippen LogP contribution < -0.4 is 10.6 Å². The molecule has 0 saturated heterocycles. The number of esters is 1. The predicted molar refractivity (Wildman–Crippen MR) is 128 cm³/mol. The first-order valence-corrected chi connectivity index (χ1v) is 11.4. The first-order chi connectivity index (χ1) is 16.2. The van der Waals surface area contributed by atoms with Crippen LogP contribution in [0.2, 0.25) is 5.02 Å². The quantitative estimate of drug-likeness (QED) is 0.339. The number of rotatable bonds is 7. The molecule has 0 bridgehead atoms. The Morgan fingerprint density at radius 1 is 1.21 bits per heavy atom. The van der Waals surface area contributed by atoms with E-state index in [9.17, 15) is 24.4 Å². The number of amides is 2. The largest absolute Gasteiger partial charge is 0.468 e. The maximum atomic E-state index is 12.8. The second kappa shape index (κ2) is 11.0. The van der Waals surface area contributed by atoms with E-state index in [2.05, 4.69) is 16.7 Å². The molecule has 2 N–H and O–H groups in total. The van der Waals surface area contributed by atoms with Gasteiger partial charge >= 0.3 is 5.97 Å². The van der Waals surface area contributed by atoms with E-state index in [1.54, 1.807) is 48.5 Å². The molecule has 0 aliphatic carbocycles. The van der Waals surface area contributed by atoms with Crippen LogP contribution in [-0.2, 0) is 19.1 Å². The summed E-state index contributed by atoms with van der Waals surface area (Å²) >= 11 is 6.93. The molecule has 1 aliphatic rings. The molecule has 174 valence electrons. The van der Waals surface area contributed by atoms with Crippen molar-refractivity contribution in [3.8, 4) is 6.07 Å². The van der Waals surface area contributed by atoms with Gasteiger partial charge in [0.1, 0.15) is 5.92 Å². The van der Waals surface area contributed by atoms with E-state index in [-0.39, 0.29) is 22.1 Å². The lowest BCUT2D eigenvalue weighted by Crippen LogP contribution is -2.44. The maximum absolute atomic E-state index is 12.8. The zero-order valence-electron chi connectivity index (χ0n) is 18.3. The number of carbonyl (C=O) groups excluding carboxylic acids is 4. The monoisotopic (exact) mass is 497 g/mol. The number of hydrogen-bond acceptors (Lipinski definition) is 7. The van der Waals surface area contributed by atoms with Crippen LogP contribution in [0, 0.1) is 17.2 Å². The van der Waals surface area contributed by atoms with Crippen LogP contribution in [0.5, 0.6) is 0 Å². The highest BCUT2D eigenvalue weighted by Crippen LogP contribution is 2.40. The van der Waals surface area contributed by atoms with Gasteiger partial charge in [0.05, 0.1) is 29.5 Å². The molecule has 1 aliphatic heterocycles. The Balaban J connectivity index is 1.86. The Kier molecular flexibility index (Phi) is 8.10. The summed E-state index contributed by atoms with van der Waals surface area (Å²) in [4.78, 5) is 49.3. The number of Topliss-reactive ketones (excluding diaryl/α,β-unsaturated/α-hetero) is 1. The maximum Gasteiger partial charge on any atom is 0.319 e. The molecular weight excluding hydrogens is 478 g/mol. The number of hydrogen-bond donors (Lipinski definition) is 2. The van der Waals surface area contributed by atoms with Gasteiger partial charge in [0.25, 0.3) is 0 Å². The van der Waals surface area contributed by atoms with Crippen molar-refractivity contribution in [2.24, 2.45) is 5.92 Å². The molecule has 2 atom stereocenters. The lowest BCUT2D eigenvalue weighted by molar-refractivity contribution is -0.150. The fraction of sp³-hybridized carbons (Fsp3) is 0.208. The lowest BCUT2D eigenvalue weighted by atomic mass is 9.78. The highest BCUT2D eigenvalue weighted by Gasteiger charge is 2.44. The van der Waals surface area contributed by atoms with E-state index in [0.29, 0.717) is 21.8 Å². The fourth-order valence-electron chi connectivity index (χ4n) is 3.50. The van der Waals surface area contributed by atoms with Crippen molar-refractivity contribution in [1.29, 1.82) is 5.26 Å². The molecule has 2 unspecified atom stereocenters. The van der Waals surface area contributed by atoms with Gasteiger partial charge in [-0.3, -0.25) is 19.2 Å². The first-order valence-electron chi connectivity index (χ1n) is 10.1. The molecule has 1 heterocycles. The van der Waals surface area contributed by atoms with Crippen LogP contribution in [0.1, 0.15) is 28.8 Å². The minimum atomic E-state index is -1.27. The molecule has 0 spiro atoms. The summed E-state index contributed by atoms with van der Waals surface area (Å²) in [6, 6.07) is 15.0. The highest BCUT2D eigenvalue weighted by molar-refractivity contribution is 8.03. The van der Waals surface area contributed by atoms with Crippen LogP contribution in [0.15, 0.2) is 59.1 Å². The first kappa shape index (κ1) is 25.0. The van der Waals surface area contributed by atoms with E-state index in [0.717, 1.165) is 11.8 Å². The van der Waals surface area contributed by atoms with Crippen LogP contribution in [0.3, 0.4) is 0 Å². The molecule has 10 heteroatoms. The number of nitrogens with one attached hydrogen (secondary N) is 2. The Morgan fingerprint density at radius 2 is 1.91 bits per heavy atom. The van der Waals surface area contributed by atoms with Gasteiger partial charge < -0.3 is 15.4 Å². The topological polar surface area (TPSA) is 125 Å². The minimum Gasteiger partial charge on any atom is -0.468 e. The van der Waals surface area contributed by atoms with Gasteiger partial charge in [-0.2, -0.15) is 5.26 Å². The van der Waals surface area contributed by atoms with Crippen LogP contribution >= 0.6 is 23.4 Å². The Labute approximate surface area is 205 Å². The summed E-state index contributed by atoms with van der Waals surface area (Å²) < 4.78 is 4.80. The van der Waals surface area contributed by atoms with Crippen LogP contribution in [-0.4, -0.2) is 36.4 Å². The smallest absolute Gasteiger partial charge is 0.319 e. The van der Waals surface area contributed by atoms with Gasteiger partial charge in [0.2, 0.25) is 11.8 Å². The Morgan fingerprint density at radius 3 is 2.53 bits per heavy atom. The summed E-state index contributed by atoms with van der Waals surface area (Å²) in [5.41, 5.74) is 1.58. The molecular formula is C24H20ClN3O5S. The van der Waals surface area contributed by atoms with Crippen molar-refractivity contribution in [2.45, 2.75) is 12.8 Å². The number of allylic oxidation sites excluding steroid dienone is 1. The number of benzene rings is 2. The number of ether oxygens (including phenoxy) is 1. The number of anilines is 1. The van der Waals surface area contributed by atoms with Crippen molar-refractivity contribution in [3.05, 3.63) is 75.3 Å². The van der Waals surface area contributed by atoms with Crippen LogP contribution in [0.25, 0.3) is 0 Å². The zero-order valence-corrected chi connectivity index (χ0v) is 19.8. The SMILES string of the molecule is COC(=O)C1C(=O)NC(SCC(=O)Nc2cccc(C(C)=O)c2)=C(C#N)C1c1ccc(Cl)cc1. The van der Waals surface area contributed by atoms with E-state index < -0.39 is 29.6 Å². The van der Waals surface area contributed by atoms with E-state index in [4.69, 9.17) is 16.3 Å². The Bertz CT molecular complexity index is 1220. The third kappa shape index (κ3) is 5.65. The van der Waals surface area contributed by atoms with E-state index in [1.807, 2.05) is 0 Å². The van der Waals surface area contributed by atoms with Gasteiger partial charge in [0.15, 0.2) is 5.78 Å². The van der Waals surface area contributed by atoms with Crippen molar-refractivity contribution < 1.29 is 23.9 Å². The summed E-state index contributed by atoms with van der Waals surface area (Å²) in [6.45, 7) is 1.43. The highest BCUT2D eigenvalue weighted by atomic mass is 35.5. The molecule has 0 radical (unpaired) electrons. The molecule has 0 aromatic heterocycles. The van der Waals surface area contributed by atoms with Crippen molar-refractivity contribution in [2.75, 3.05) is 18.2 Å². The molecule has 34 heavy (non-hydrogen) atoms. The van der Waals surface area contributed by atoms with Gasteiger partial charge in [-0.25, -0.2) is 0 Å². The fourth-order valence-corrected chi connectivity index (χ4v) is 4.47. The van der Waals surface area contributed by atoms with Gasteiger partial charge in [-0.15, -0.1) is 0 Å². The number of methoxy groups -OCH3 is 1. The van der Waals surface area contributed by atoms with Crippen LogP contribution in [0.4, 0.5) is 5.69 Å². The number of ketones is 1. The summed E-state index contributed by atoms with van der Waals surface area (Å²) in [5, 5.41) is 15.8. The number of thioether (sulfide) groups is 1. The van der Waals surface area contributed by atoms with Crippen molar-refractivity contribution in [1.82, 2.24) is 5.32 Å². The van der Waals surface area contributed by atoms with Gasteiger partial charge in [-0.1, -0.05) is 47.6 Å². The standard InChI is InChI=1S/C24H20ClN3O5S/c1-13(29)15-4-3-5-17(10-15)27-19(30)12-34-23-18(11-26)20(14-6-8-16(25)9-7-14)21(22(31)28-23)24(32)33-2/h3-10,20-21H,12H2,1-2H3,(H,27,30)(H,28,31). The number of nitriles is 1. The minimum absolute atomic E-state index is 0.124. The van der Waals surface area contributed by atoms with Crippen molar-refractivity contribution >= 4 is 52.6 Å². The van der Waals surface area contributed by atoms with Gasteiger partial charge in [-0.05, 0) is 36.8 Å². The molecule has 2 aromatic rings.